The first-order valence-corrected chi connectivity index (χ1v) is 12.9. The number of nitrogens with zero attached hydrogens (tertiary/aromatic N) is 3. The van der Waals surface area contributed by atoms with Crippen LogP contribution in [0.15, 0.2) is 66.4 Å². The highest BCUT2D eigenvalue weighted by Crippen LogP contribution is 2.28. The molecule has 9 nitrogen and oxygen atoms in total. The molecule has 0 radical (unpaired) electrons. The lowest BCUT2D eigenvalue weighted by atomic mass is 10.0. The number of thiazole rings is 1. The molecule has 11 heteroatoms. The molecule has 1 aromatic carbocycles. The number of hydrogen-bond acceptors (Lipinski definition) is 7. The summed E-state index contributed by atoms with van der Waals surface area (Å²) in [6, 6.07) is 13.2. The molecule has 2 N–H and O–H groups in total. The van der Waals surface area contributed by atoms with Gasteiger partial charge in [-0.2, -0.15) is 0 Å². The summed E-state index contributed by atoms with van der Waals surface area (Å²) in [5, 5.41) is 7.41. The first kappa shape index (κ1) is 23.3. The van der Waals surface area contributed by atoms with E-state index in [9.17, 15) is 18.0 Å². The molecule has 4 aromatic rings. The van der Waals surface area contributed by atoms with Gasteiger partial charge in [-0.3, -0.25) is 14.6 Å². The highest BCUT2D eigenvalue weighted by molar-refractivity contribution is 7.89. The molecule has 34 heavy (non-hydrogen) atoms. The summed E-state index contributed by atoms with van der Waals surface area (Å²) in [6.45, 7) is 1.30. The Balaban J connectivity index is 1.37. The van der Waals surface area contributed by atoms with Crippen LogP contribution in [0.3, 0.4) is 0 Å². The fourth-order valence-electron chi connectivity index (χ4n) is 3.33. The van der Waals surface area contributed by atoms with Crippen LogP contribution in [0.5, 0.6) is 0 Å². The molecule has 3 heterocycles. The Kier molecular flexibility index (Phi) is 6.57. The van der Waals surface area contributed by atoms with Crippen LogP contribution in [0.25, 0.3) is 22.4 Å². The van der Waals surface area contributed by atoms with Crippen LogP contribution >= 0.6 is 11.3 Å². The number of rotatable bonds is 7. The van der Waals surface area contributed by atoms with Crippen LogP contribution in [0.2, 0.25) is 0 Å². The fraction of sp³-hybridized carbons (Fsp3) is 0.130. The number of hydrogen-bond donors (Lipinski definition) is 2. The quantitative estimate of drug-likeness (QED) is 0.406. The van der Waals surface area contributed by atoms with E-state index in [1.165, 1.54) is 23.6 Å². The molecule has 0 saturated heterocycles. The maximum Gasteiger partial charge on any atom is 0.253 e. The topological polar surface area (TPSA) is 123 Å². The van der Waals surface area contributed by atoms with E-state index in [1.807, 2.05) is 41.8 Å². The van der Waals surface area contributed by atoms with Gasteiger partial charge in [0.25, 0.3) is 5.91 Å². The van der Waals surface area contributed by atoms with Gasteiger partial charge < -0.3 is 10.6 Å². The van der Waals surface area contributed by atoms with Gasteiger partial charge in [0.2, 0.25) is 15.9 Å². The van der Waals surface area contributed by atoms with E-state index in [2.05, 4.69) is 20.6 Å². The molecule has 174 valence electrons. The Morgan fingerprint density at radius 1 is 1.06 bits per heavy atom. The van der Waals surface area contributed by atoms with Crippen molar-refractivity contribution < 1.29 is 18.0 Å². The molecule has 0 fully saturated rings. The lowest BCUT2D eigenvalue weighted by molar-refractivity contribution is -0.115. The fourth-order valence-corrected chi connectivity index (χ4v) is 4.94. The molecular weight excluding hydrogens is 474 g/mol. The Hall–Kier alpha value is -3.83. The molecule has 3 aromatic heterocycles. The normalized spacial score (nSPS) is 11.2. The third-order valence-corrected chi connectivity index (χ3v) is 6.79. The smallest absolute Gasteiger partial charge is 0.253 e. The maximum atomic E-state index is 12.3. The van der Waals surface area contributed by atoms with Gasteiger partial charge in [0.05, 0.1) is 24.1 Å². The van der Waals surface area contributed by atoms with Crippen molar-refractivity contribution in [1.29, 1.82) is 0 Å². The summed E-state index contributed by atoms with van der Waals surface area (Å²) in [5.74, 6) is -0.993. The molecule has 0 spiro atoms. The van der Waals surface area contributed by atoms with Gasteiger partial charge in [0, 0.05) is 35.2 Å². The second kappa shape index (κ2) is 9.57. The average molecular weight is 496 g/mol. The highest BCUT2D eigenvalue weighted by Gasteiger charge is 2.16. The first-order valence-electron chi connectivity index (χ1n) is 10.1. The minimum absolute atomic E-state index is 0.154. The van der Waals surface area contributed by atoms with Crippen molar-refractivity contribution in [3.8, 4) is 22.4 Å². The number of nitrogens with one attached hydrogen (secondary N) is 2. The van der Waals surface area contributed by atoms with E-state index in [-0.39, 0.29) is 12.1 Å². The molecule has 0 unspecified atom stereocenters. The number of carbonyl (C=O) groups is 2. The van der Waals surface area contributed by atoms with Gasteiger partial charge >= 0.3 is 0 Å². The lowest BCUT2D eigenvalue weighted by Gasteiger charge is -2.05. The number of pyridine rings is 1. The van der Waals surface area contributed by atoms with Crippen LogP contribution in [0.4, 0.5) is 5.13 Å². The first-order chi connectivity index (χ1) is 16.2. The SMILES string of the molecule is Cc1cc(C(=O)NCC(=O)Nc2nc(-c3cccc(-c4ccncc4)c3)cs2)cn1S(C)(=O)=O. The standard InChI is InChI=1S/C23H21N5O4S2/c1-15-10-19(13-28(15)34(2,31)32)22(30)25-12-21(29)27-23-26-20(14-33-23)18-5-3-4-17(11-18)16-6-8-24-9-7-16/h3-11,13-14H,12H2,1-2H3,(H,25,30)(H,26,27,29). The second-order valence-electron chi connectivity index (χ2n) is 7.51. The number of aryl methyl sites for hydroxylation is 1. The van der Waals surface area contributed by atoms with Crippen LogP contribution in [-0.2, 0) is 14.8 Å². The Morgan fingerprint density at radius 3 is 2.50 bits per heavy atom. The maximum absolute atomic E-state index is 12.3. The van der Waals surface area contributed by atoms with Gasteiger partial charge in [-0.15, -0.1) is 11.3 Å². The summed E-state index contributed by atoms with van der Waals surface area (Å²) in [4.78, 5) is 33.1. The second-order valence-corrected chi connectivity index (χ2v) is 10.2. The molecule has 0 saturated carbocycles. The van der Waals surface area contributed by atoms with Gasteiger partial charge in [0.15, 0.2) is 5.13 Å². The number of aromatic nitrogens is 3. The van der Waals surface area contributed by atoms with Crippen LogP contribution in [-0.4, -0.2) is 47.0 Å². The van der Waals surface area contributed by atoms with E-state index in [1.54, 1.807) is 19.3 Å². The monoisotopic (exact) mass is 495 g/mol. The molecule has 2 amide bonds. The lowest BCUT2D eigenvalue weighted by Crippen LogP contribution is -2.32. The van der Waals surface area contributed by atoms with E-state index in [0.29, 0.717) is 10.8 Å². The Bertz CT molecular complexity index is 1460. The Labute approximate surface area is 200 Å². The molecule has 4 rings (SSSR count). The summed E-state index contributed by atoms with van der Waals surface area (Å²) in [6.07, 6.45) is 5.75. The summed E-state index contributed by atoms with van der Waals surface area (Å²) < 4.78 is 24.4. The van der Waals surface area contributed by atoms with Crippen molar-refractivity contribution in [3.63, 3.8) is 0 Å². The predicted molar refractivity (Wildman–Crippen MR) is 131 cm³/mol. The van der Waals surface area contributed by atoms with Crippen molar-refractivity contribution in [1.82, 2.24) is 19.3 Å². The van der Waals surface area contributed by atoms with Crippen LogP contribution in [0.1, 0.15) is 16.1 Å². The van der Waals surface area contributed by atoms with Crippen molar-refractivity contribution >= 4 is 38.3 Å². The van der Waals surface area contributed by atoms with Crippen molar-refractivity contribution in [2.45, 2.75) is 6.92 Å². The van der Waals surface area contributed by atoms with Crippen LogP contribution in [0, 0.1) is 6.92 Å². The van der Waals surface area contributed by atoms with Crippen molar-refractivity contribution in [2.75, 3.05) is 18.1 Å². The average Bonchev–Trinajstić information content (AvgIpc) is 3.45. The van der Waals surface area contributed by atoms with Gasteiger partial charge in [-0.25, -0.2) is 17.4 Å². The Morgan fingerprint density at radius 2 is 1.79 bits per heavy atom. The van der Waals surface area contributed by atoms with E-state index in [4.69, 9.17) is 0 Å². The third kappa shape index (κ3) is 5.38. The van der Waals surface area contributed by atoms with E-state index in [0.717, 1.165) is 32.6 Å². The minimum atomic E-state index is -3.51. The molecular formula is C23H21N5O4S2. The molecule has 0 aliphatic heterocycles. The number of anilines is 1. The zero-order valence-electron chi connectivity index (χ0n) is 18.3. The zero-order valence-corrected chi connectivity index (χ0v) is 20.0. The van der Waals surface area contributed by atoms with Gasteiger partial charge in [-0.05, 0) is 42.3 Å². The van der Waals surface area contributed by atoms with E-state index < -0.39 is 21.8 Å². The largest absolute Gasteiger partial charge is 0.343 e. The number of benzene rings is 1. The molecule has 0 bridgehead atoms. The molecule has 0 aliphatic rings. The zero-order chi connectivity index (χ0) is 24.3. The van der Waals surface area contributed by atoms with E-state index >= 15 is 0 Å². The van der Waals surface area contributed by atoms with Gasteiger partial charge in [-0.1, -0.05) is 18.2 Å². The predicted octanol–water partition coefficient (Wildman–Crippen LogP) is 3.16. The summed E-state index contributed by atoms with van der Waals surface area (Å²) in [5.41, 5.74) is 4.25. The molecule has 0 aliphatic carbocycles. The van der Waals surface area contributed by atoms with Crippen molar-refractivity contribution in [3.05, 3.63) is 77.7 Å². The number of carbonyl (C=O) groups excluding carboxylic acids is 2. The molecule has 0 atom stereocenters. The summed E-state index contributed by atoms with van der Waals surface area (Å²) >= 11 is 1.28. The van der Waals surface area contributed by atoms with Crippen LogP contribution < -0.4 is 10.6 Å². The highest BCUT2D eigenvalue weighted by atomic mass is 32.2. The minimum Gasteiger partial charge on any atom is -0.343 e. The van der Waals surface area contributed by atoms with Crippen molar-refractivity contribution in [2.24, 2.45) is 0 Å². The number of amides is 2. The third-order valence-electron chi connectivity index (χ3n) is 4.92. The van der Waals surface area contributed by atoms with Gasteiger partial charge in [0.1, 0.15) is 0 Å². The summed E-state index contributed by atoms with van der Waals surface area (Å²) in [7, 11) is -3.51.